The van der Waals surface area contributed by atoms with E-state index in [9.17, 15) is 9.18 Å². The summed E-state index contributed by atoms with van der Waals surface area (Å²) in [7, 11) is 0. The van der Waals surface area contributed by atoms with Gasteiger partial charge in [0.2, 0.25) is 6.41 Å². The smallest absolute Gasteiger partial charge is 0.211 e. The normalized spacial score (nSPS) is 14.6. The number of benzene rings is 1. The van der Waals surface area contributed by atoms with Crippen LogP contribution in [0.1, 0.15) is 19.8 Å². The highest BCUT2D eigenvalue weighted by Crippen LogP contribution is 2.27. The van der Waals surface area contributed by atoms with Crippen LogP contribution >= 0.6 is 11.7 Å². The second kappa shape index (κ2) is 8.66. The van der Waals surface area contributed by atoms with E-state index >= 15 is 0 Å². The Morgan fingerprint density at radius 3 is 2.73 bits per heavy atom. The number of fused-ring (bicyclic) bond motifs is 1. The van der Waals surface area contributed by atoms with Crippen molar-refractivity contribution < 1.29 is 9.18 Å². The predicted molar refractivity (Wildman–Crippen MR) is 102 cm³/mol. The van der Waals surface area contributed by atoms with Crippen LogP contribution in [0.5, 0.6) is 0 Å². The fourth-order valence-electron chi connectivity index (χ4n) is 2.83. The topological polar surface area (TPSA) is 71.0 Å². The number of anilines is 2. The quantitative estimate of drug-likeness (QED) is 0.709. The molecule has 26 heavy (non-hydrogen) atoms. The highest BCUT2D eigenvalue weighted by atomic mass is 32.1. The number of pyridine rings is 1. The highest BCUT2D eigenvalue weighted by Gasteiger charge is 2.19. The van der Waals surface area contributed by atoms with Crippen molar-refractivity contribution in [2.75, 3.05) is 23.3 Å². The number of amides is 1. The average Bonchev–Trinajstić information content (AvgIpc) is 3.14. The number of piperidine rings is 1. The number of rotatable bonds is 3. The van der Waals surface area contributed by atoms with Gasteiger partial charge < -0.3 is 10.2 Å². The summed E-state index contributed by atoms with van der Waals surface area (Å²) in [6.07, 6.45) is 4.80. The first-order valence-corrected chi connectivity index (χ1v) is 9.19. The van der Waals surface area contributed by atoms with Crippen molar-refractivity contribution in [1.29, 1.82) is 0 Å². The van der Waals surface area contributed by atoms with E-state index in [0.29, 0.717) is 6.41 Å². The van der Waals surface area contributed by atoms with Crippen LogP contribution in [-0.4, -0.2) is 33.2 Å². The molecule has 4 rings (SSSR count). The molecule has 1 saturated heterocycles. The maximum absolute atomic E-state index is 12.6. The van der Waals surface area contributed by atoms with Gasteiger partial charge in [0.15, 0.2) is 5.65 Å². The first-order chi connectivity index (χ1) is 12.7. The number of hydrogen-bond donors (Lipinski definition) is 1. The average molecular weight is 373 g/mol. The van der Waals surface area contributed by atoms with Gasteiger partial charge in [-0.25, -0.2) is 9.37 Å². The number of para-hydroxylation sites is 1. The monoisotopic (exact) mass is 373 g/mol. The minimum absolute atomic E-state index is 0.206. The molecule has 3 aromatic rings. The zero-order chi connectivity index (χ0) is 18.4. The van der Waals surface area contributed by atoms with Crippen molar-refractivity contribution >= 4 is 40.7 Å². The Bertz CT molecular complexity index is 863. The molecule has 8 heteroatoms. The lowest BCUT2D eigenvalue weighted by Crippen LogP contribution is -2.32. The maximum Gasteiger partial charge on any atom is 0.211 e. The molecule has 1 aliphatic rings. The van der Waals surface area contributed by atoms with Gasteiger partial charge >= 0.3 is 0 Å². The molecule has 0 saturated carbocycles. The number of hydrogen-bond acceptors (Lipinski definition) is 6. The van der Waals surface area contributed by atoms with Crippen LogP contribution in [0.3, 0.4) is 0 Å². The molecule has 1 amide bonds. The van der Waals surface area contributed by atoms with E-state index in [1.807, 2.05) is 6.20 Å². The van der Waals surface area contributed by atoms with Crippen molar-refractivity contribution in [3.05, 3.63) is 42.3 Å². The van der Waals surface area contributed by atoms with E-state index in [4.69, 9.17) is 0 Å². The van der Waals surface area contributed by atoms with Gasteiger partial charge in [0.1, 0.15) is 11.3 Å². The second-order valence-electron chi connectivity index (χ2n) is 6.18. The van der Waals surface area contributed by atoms with Crippen LogP contribution < -0.4 is 10.2 Å². The van der Waals surface area contributed by atoms with E-state index in [2.05, 4.69) is 36.9 Å². The molecule has 6 nitrogen and oxygen atoms in total. The SMILES string of the molecule is CC1CCN(c2ccnc3nsnc23)CC1.O=CNc1ccccc1F. The van der Waals surface area contributed by atoms with E-state index in [1.54, 1.807) is 12.1 Å². The van der Waals surface area contributed by atoms with E-state index < -0.39 is 5.82 Å². The number of halogens is 1. The summed E-state index contributed by atoms with van der Waals surface area (Å²) < 4.78 is 21.1. The van der Waals surface area contributed by atoms with Gasteiger partial charge in [0, 0.05) is 19.3 Å². The first kappa shape index (κ1) is 18.2. The predicted octanol–water partition coefficient (Wildman–Crippen LogP) is 3.72. The Labute approximate surface area is 155 Å². The van der Waals surface area contributed by atoms with E-state index in [-0.39, 0.29) is 5.69 Å². The molecule has 0 aliphatic carbocycles. The van der Waals surface area contributed by atoms with Crippen LogP contribution in [0, 0.1) is 11.7 Å². The Kier molecular flexibility index (Phi) is 6.06. The van der Waals surface area contributed by atoms with Gasteiger partial charge in [-0.3, -0.25) is 4.79 Å². The molecule has 3 heterocycles. The molecule has 136 valence electrons. The first-order valence-electron chi connectivity index (χ1n) is 8.46. The van der Waals surface area contributed by atoms with Crippen molar-refractivity contribution in [1.82, 2.24) is 13.7 Å². The Balaban J connectivity index is 0.000000170. The second-order valence-corrected chi connectivity index (χ2v) is 6.71. The Morgan fingerprint density at radius 2 is 2.00 bits per heavy atom. The molecule has 1 N–H and O–H groups in total. The van der Waals surface area contributed by atoms with Gasteiger partial charge in [0.05, 0.1) is 23.1 Å². The summed E-state index contributed by atoms with van der Waals surface area (Å²) in [6, 6.07) is 8.04. The third kappa shape index (κ3) is 4.32. The summed E-state index contributed by atoms with van der Waals surface area (Å²) in [5.74, 6) is 0.428. The third-order valence-electron chi connectivity index (χ3n) is 4.36. The molecular formula is C18H20FN5OS. The number of nitrogens with one attached hydrogen (secondary N) is 1. The molecule has 2 aromatic heterocycles. The zero-order valence-electron chi connectivity index (χ0n) is 14.4. The van der Waals surface area contributed by atoms with Gasteiger partial charge in [-0.15, -0.1) is 0 Å². The van der Waals surface area contributed by atoms with E-state index in [0.717, 1.165) is 30.2 Å². The fourth-order valence-corrected chi connectivity index (χ4v) is 3.34. The molecule has 0 radical (unpaired) electrons. The molecule has 0 unspecified atom stereocenters. The Hall–Kier alpha value is -2.61. The summed E-state index contributed by atoms with van der Waals surface area (Å²) in [5, 5.41) is 2.22. The third-order valence-corrected chi connectivity index (χ3v) is 4.87. The fraction of sp³-hybridized carbons (Fsp3) is 0.333. The van der Waals surface area contributed by atoms with Crippen molar-refractivity contribution in [2.24, 2.45) is 5.92 Å². The lowest BCUT2D eigenvalue weighted by atomic mass is 9.99. The number of nitrogens with zero attached hydrogens (tertiary/aromatic N) is 4. The molecule has 0 bridgehead atoms. The van der Waals surface area contributed by atoms with Gasteiger partial charge in [-0.05, 0) is 37.0 Å². The summed E-state index contributed by atoms with van der Waals surface area (Å²) >= 11 is 1.24. The largest absolute Gasteiger partial charge is 0.370 e. The summed E-state index contributed by atoms with van der Waals surface area (Å²) in [4.78, 5) is 16.5. The van der Waals surface area contributed by atoms with Crippen LogP contribution in [0.15, 0.2) is 36.5 Å². The highest BCUT2D eigenvalue weighted by molar-refractivity contribution is 7.00. The van der Waals surface area contributed by atoms with Gasteiger partial charge in [-0.2, -0.15) is 8.75 Å². The van der Waals surface area contributed by atoms with Crippen LogP contribution in [-0.2, 0) is 4.79 Å². The molecule has 1 aromatic carbocycles. The number of aromatic nitrogens is 3. The van der Waals surface area contributed by atoms with Gasteiger partial charge in [0.25, 0.3) is 0 Å². The lowest BCUT2D eigenvalue weighted by molar-refractivity contribution is -0.105. The molecule has 1 aliphatic heterocycles. The van der Waals surface area contributed by atoms with Crippen LogP contribution in [0.25, 0.3) is 11.2 Å². The van der Waals surface area contributed by atoms with Crippen molar-refractivity contribution in [2.45, 2.75) is 19.8 Å². The van der Waals surface area contributed by atoms with Crippen LogP contribution in [0.4, 0.5) is 15.8 Å². The molecular weight excluding hydrogens is 353 g/mol. The lowest BCUT2D eigenvalue weighted by Gasteiger charge is -2.31. The standard InChI is InChI=1S/C11H14N4S.C7H6FNO/c1-8-3-6-15(7-4-8)9-2-5-12-11-10(9)13-16-14-11;8-6-3-1-2-4-7(6)9-5-10/h2,5,8H,3-4,6-7H2,1H3;1-5H,(H,9,10). The summed E-state index contributed by atoms with van der Waals surface area (Å²) in [5.41, 5.74) is 3.14. The minimum Gasteiger partial charge on any atom is -0.370 e. The molecule has 0 atom stereocenters. The Morgan fingerprint density at radius 1 is 1.23 bits per heavy atom. The number of carbonyl (C=O) groups excluding carboxylic acids is 1. The van der Waals surface area contributed by atoms with Crippen LogP contribution in [0.2, 0.25) is 0 Å². The maximum atomic E-state index is 12.6. The zero-order valence-corrected chi connectivity index (χ0v) is 15.2. The van der Waals surface area contributed by atoms with Crippen molar-refractivity contribution in [3.8, 4) is 0 Å². The van der Waals surface area contributed by atoms with E-state index in [1.165, 1.54) is 42.4 Å². The van der Waals surface area contributed by atoms with Gasteiger partial charge in [-0.1, -0.05) is 19.1 Å². The minimum atomic E-state index is -0.422. The summed E-state index contributed by atoms with van der Waals surface area (Å²) in [6.45, 7) is 4.57. The molecule has 0 spiro atoms. The van der Waals surface area contributed by atoms with Crippen molar-refractivity contribution in [3.63, 3.8) is 0 Å². The number of carbonyl (C=O) groups is 1. The molecule has 1 fully saturated rings.